The molecule has 0 aliphatic carbocycles. The SMILES string of the molecule is CCOC(=O)c1[nH]c2ccc(F)cc2c1C1CCNCC1. The van der Waals surface area contributed by atoms with E-state index >= 15 is 0 Å². The number of H-pyrrole nitrogens is 1. The number of carbonyl (C=O) groups is 1. The van der Waals surface area contributed by atoms with E-state index in [1.165, 1.54) is 12.1 Å². The number of halogens is 1. The second-order valence-electron chi connectivity index (χ2n) is 5.35. The summed E-state index contributed by atoms with van der Waals surface area (Å²) < 4.78 is 18.7. The van der Waals surface area contributed by atoms with Crippen LogP contribution >= 0.6 is 0 Å². The monoisotopic (exact) mass is 290 g/mol. The van der Waals surface area contributed by atoms with Crippen LogP contribution in [-0.2, 0) is 4.74 Å². The van der Waals surface area contributed by atoms with E-state index in [-0.39, 0.29) is 17.7 Å². The Morgan fingerprint density at radius 1 is 1.38 bits per heavy atom. The standard InChI is InChI=1S/C16H19FN2O2/c1-2-21-16(20)15-14(10-5-7-18-8-6-10)12-9-11(17)3-4-13(12)19-15/h3-4,9-10,18-19H,2,5-8H2,1H3. The summed E-state index contributed by atoms with van der Waals surface area (Å²) >= 11 is 0. The van der Waals surface area contributed by atoms with E-state index in [1.54, 1.807) is 13.0 Å². The molecular formula is C16H19FN2O2. The van der Waals surface area contributed by atoms with Gasteiger partial charge in [-0.1, -0.05) is 0 Å². The van der Waals surface area contributed by atoms with Gasteiger partial charge in [-0.2, -0.15) is 0 Å². The van der Waals surface area contributed by atoms with Gasteiger partial charge in [-0.3, -0.25) is 0 Å². The molecule has 1 saturated heterocycles. The molecule has 0 saturated carbocycles. The maximum Gasteiger partial charge on any atom is 0.355 e. The van der Waals surface area contributed by atoms with Crippen LogP contribution in [0.4, 0.5) is 4.39 Å². The molecule has 0 spiro atoms. The van der Waals surface area contributed by atoms with Gasteiger partial charge in [0.05, 0.1) is 6.61 Å². The van der Waals surface area contributed by atoms with E-state index in [9.17, 15) is 9.18 Å². The highest BCUT2D eigenvalue weighted by Gasteiger charge is 2.26. The average Bonchev–Trinajstić information content (AvgIpc) is 2.87. The number of hydrogen-bond donors (Lipinski definition) is 2. The van der Waals surface area contributed by atoms with Crippen molar-refractivity contribution in [1.29, 1.82) is 0 Å². The lowest BCUT2D eigenvalue weighted by atomic mass is 9.88. The summed E-state index contributed by atoms with van der Waals surface area (Å²) in [6.45, 7) is 3.93. The summed E-state index contributed by atoms with van der Waals surface area (Å²) in [6.07, 6.45) is 1.88. The van der Waals surface area contributed by atoms with Crippen LogP contribution in [0.2, 0.25) is 0 Å². The van der Waals surface area contributed by atoms with Crippen molar-refractivity contribution < 1.29 is 13.9 Å². The van der Waals surface area contributed by atoms with E-state index in [4.69, 9.17) is 4.74 Å². The molecule has 0 bridgehead atoms. The molecule has 21 heavy (non-hydrogen) atoms. The number of carbonyl (C=O) groups excluding carboxylic acids is 1. The summed E-state index contributed by atoms with van der Waals surface area (Å²) in [4.78, 5) is 15.3. The smallest absolute Gasteiger partial charge is 0.355 e. The van der Waals surface area contributed by atoms with Gasteiger partial charge in [-0.25, -0.2) is 9.18 Å². The number of benzene rings is 1. The maximum atomic E-state index is 13.6. The Hall–Kier alpha value is -1.88. The molecule has 2 heterocycles. The Morgan fingerprint density at radius 3 is 2.86 bits per heavy atom. The fourth-order valence-electron chi connectivity index (χ4n) is 3.08. The molecule has 112 valence electrons. The molecule has 0 radical (unpaired) electrons. The molecule has 1 fully saturated rings. The van der Waals surface area contributed by atoms with Gasteiger partial charge in [-0.05, 0) is 62.5 Å². The fraction of sp³-hybridized carbons (Fsp3) is 0.438. The van der Waals surface area contributed by atoms with E-state index in [2.05, 4.69) is 10.3 Å². The predicted octanol–water partition coefficient (Wildman–Crippen LogP) is 2.95. The van der Waals surface area contributed by atoms with Crippen molar-refractivity contribution in [3.63, 3.8) is 0 Å². The van der Waals surface area contributed by atoms with E-state index in [1.807, 2.05) is 0 Å². The molecule has 2 N–H and O–H groups in total. The van der Waals surface area contributed by atoms with Crippen LogP contribution in [0.15, 0.2) is 18.2 Å². The first-order chi connectivity index (χ1) is 10.2. The van der Waals surface area contributed by atoms with Crippen molar-refractivity contribution in [3.8, 4) is 0 Å². The summed E-state index contributed by atoms with van der Waals surface area (Å²) in [5, 5.41) is 4.11. The van der Waals surface area contributed by atoms with E-state index < -0.39 is 0 Å². The minimum Gasteiger partial charge on any atom is -0.461 e. The molecule has 1 aliphatic heterocycles. The Balaban J connectivity index is 2.13. The molecule has 0 amide bonds. The largest absolute Gasteiger partial charge is 0.461 e. The normalized spacial score (nSPS) is 16.3. The third kappa shape index (κ3) is 2.65. The van der Waals surface area contributed by atoms with Crippen LogP contribution in [0.3, 0.4) is 0 Å². The van der Waals surface area contributed by atoms with E-state index in [0.29, 0.717) is 12.3 Å². The van der Waals surface area contributed by atoms with Gasteiger partial charge < -0.3 is 15.0 Å². The highest BCUT2D eigenvalue weighted by atomic mass is 19.1. The topological polar surface area (TPSA) is 54.1 Å². The number of nitrogens with one attached hydrogen (secondary N) is 2. The zero-order valence-electron chi connectivity index (χ0n) is 12.0. The lowest BCUT2D eigenvalue weighted by molar-refractivity contribution is 0.0518. The number of hydrogen-bond acceptors (Lipinski definition) is 3. The number of aromatic amines is 1. The molecule has 0 unspecified atom stereocenters. The summed E-state index contributed by atoms with van der Waals surface area (Å²) in [5.41, 5.74) is 2.17. The predicted molar refractivity (Wildman–Crippen MR) is 79.1 cm³/mol. The number of fused-ring (bicyclic) bond motifs is 1. The lowest BCUT2D eigenvalue weighted by Gasteiger charge is -2.23. The first-order valence-corrected chi connectivity index (χ1v) is 7.39. The Bertz CT molecular complexity index is 660. The molecule has 5 heteroatoms. The third-order valence-corrected chi connectivity index (χ3v) is 4.03. The zero-order valence-corrected chi connectivity index (χ0v) is 12.0. The Morgan fingerprint density at radius 2 is 2.14 bits per heavy atom. The van der Waals surface area contributed by atoms with Gasteiger partial charge in [0.15, 0.2) is 0 Å². The van der Waals surface area contributed by atoms with Crippen molar-refractivity contribution in [2.75, 3.05) is 19.7 Å². The molecule has 4 nitrogen and oxygen atoms in total. The molecule has 0 atom stereocenters. The second kappa shape index (κ2) is 5.85. The van der Waals surface area contributed by atoms with Crippen LogP contribution in [0, 0.1) is 5.82 Å². The summed E-state index contributed by atoms with van der Waals surface area (Å²) in [7, 11) is 0. The Labute approximate surface area is 122 Å². The molecule has 1 aromatic heterocycles. The fourth-order valence-corrected chi connectivity index (χ4v) is 3.08. The van der Waals surface area contributed by atoms with Crippen LogP contribution in [-0.4, -0.2) is 30.6 Å². The quantitative estimate of drug-likeness (QED) is 0.855. The lowest BCUT2D eigenvalue weighted by Crippen LogP contribution is -2.27. The minimum absolute atomic E-state index is 0.251. The second-order valence-corrected chi connectivity index (χ2v) is 5.35. The van der Waals surface area contributed by atoms with E-state index in [0.717, 1.165) is 42.4 Å². The van der Waals surface area contributed by atoms with Crippen molar-refractivity contribution in [3.05, 3.63) is 35.3 Å². The number of piperidine rings is 1. The molecular weight excluding hydrogens is 271 g/mol. The van der Waals surface area contributed by atoms with Gasteiger partial charge in [0.1, 0.15) is 11.5 Å². The number of rotatable bonds is 3. The Kier molecular flexibility index (Phi) is 3.92. The summed E-state index contributed by atoms with van der Waals surface area (Å²) in [5.74, 6) is -0.393. The zero-order chi connectivity index (χ0) is 14.8. The van der Waals surface area contributed by atoms with Gasteiger partial charge >= 0.3 is 5.97 Å². The first-order valence-electron chi connectivity index (χ1n) is 7.39. The molecule has 2 aromatic rings. The highest BCUT2D eigenvalue weighted by Crippen LogP contribution is 2.35. The number of aromatic nitrogens is 1. The molecule has 3 rings (SSSR count). The van der Waals surface area contributed by atoms with Crippen LogP contribution in [0.25, 0.3) is 10.9 Å². The highest BCUT2D eigenvalue weighted by molar-refractivity contribution is 5.98. The van der Waals surface area contributed by atoms with Gasteiger partial charge in [0.2, 0.25) is 0 Å². The van der Waals surface area contributed by atoms with Crippen molar-refractivity contribution in [2.24, 2.45) is 0 Å². The van der Waals surface area contributed by atoms with Gasteiger partial charge in [0, 0.05) is 10.9 Å². The average molecular weight is 290 g/mol. The van der Waals surface area contributed by atoms with Gasteiger partial charge in [0.25, 0.3) is 0 Å². The van der Waals surface area contributed by atoms with Crippen molar-refractivity contribution in [1.82, 2.24) is 10.3 Å². The minimum atomic E-state index is -0.359. The van der Waals surface area contributed by atoms with Crippen molar-refractivity contribution in [2.45, 2.75) is 25.7 Å². The third-order valence-electron chi connectivity index (χ3n) is 4.03. The van der Waals surface area contributed by atoms with Crippen LogP contribution in [0.1, 0.15) is 41.7 Å². The molecule has 1 aromatic carbocycles. The molecule has 1 aliphatic rings. The maximum absolute atomic E-state index is 13.6. The number of esters is 1. The van der Waals surface area contributed by atoms with Crippen LogP contribution < -0.4 is 5.32 Å². The van der Waals surface area contributed by atoms with Crippen molar-refractivity contribution >= 4 is 16.9 Å². The first kappa shape index (κ1) is 14.1. The summed E-state index contributed by atoms with van der Waals surface area (Å²) in [6, 6.07) is 4.59. The van der Waals surface area contributed by atoms with Gasteiger partial charge in [-0.15, -0.1) is 0 Å². The number of ether oxygens (including phenoxy) is 1. The van der Waals surface area contributed by atoms with Crippen LogP contribution in [0.5, 0.6) is 0 Å².